The highest BCUT2D eigenvalue weighted by Crippen LogP contribution is 2.66. The lowest BCUT2D eigenvalue weighted by Gasteiger charge is -2.34. The number of rotatable bonds is 7. The van der Waals surface area contributed by atoms with Crippen molar-refractivity contribution in [3.63, 3.8) is 0 Å². The molecule has 7 nitrogen and oxygen atoms in total. The van der Waals surface area contributed by atoms with Gasteiger partial charge in [0, 0.05) is 24.0 Å². The fourth-order valence-electron chi connectivity index (χ4n) is 5.73. The van der Waals surface area contributed by atoms with Crippen molar-refractivity contribution in [3.8, 4) is 0 Å². The van der Waals surface area contributed by atoms with Gasteiger partial charge in [0.1, 0.15) is 6.04 Å². The summed E-state index contributed by atoms with van der Waals surface area (Å²) in [4.78, 5) is 41.8. The van der Waals surface area contributed by atoms with E-state index in [0.717, 1.165) is 12.0 Å². The van der Waals surface area contributed by atoms with Crippen molar-refractivity contribution in [2.24, 2.45) is 11.8 Å². The highest BCUT2D eigenvalue weighted by molar-refractivity contribution is 8.02. The van der Waals surface area contributed by atoms with Crippen molar-refractivity contribution in [1.29, 1.82) is 0 Å². The quantitative estimate of drug-likeness (QED) is 0.581. The second-order valence-corrected chi connectivity index (χ2v) is 10.5. The molecule has 0 aromatic heterocycles. The molecule has 5 rings (SSSR count). The van der Waals surface area contributed by atoms with Crippen LogP contribution in [0, 0.1) is 11.8 Å². The molecule has 2 aromatic carbocycles. The Labute approximate surface area is 196 Å². The van der Waals surface area contributed by atoms with Gasteiger partial charge in [0.2, 0.25) is 17.7 Å². The van der Waals surface area contributed by atoms with Crippen LogP contribution in [0.1, 0.15) is 18.4 Å². The van der Waals surface area contributed by atoms with Crippen LogP contribution in [0.25, 0.3) is 0 Å². The summed E-state index contributed by atoms with van der Waals surface area (Å²) in [5.41, 5.74) is 1.67. The highest BCUT2D eigenvalue weighted by atomic mass is 32.2. The molecule has 172 valence electrons. The zero-order valence-electron chi connectivity index (χ0n) is 18.1. The summed E-state index contributed by atoms with van der Waals surface area (Å²) in [5.74, 6) is -1.66. The number of aliphatic hydroxyl groups excluding tert-OH is 1. The van der Waals surface area contributed by atoms with Crippen LogP contribution in [-0.2, 0) is 20.9 Å². The van der Waals surface area contributed by atoms with Gasteiger partial charge in [-0.15, -0.1) is 11.8 Å². The van der Waals surface area contributed by atoms with Crippen LogP contribution in [0.2, 0.25) is 0 Å². The summed E-state index contributed by atoms with van der Waals surface area (Å²) in [6, 6.07) is 18.1. The number of fused-ring (bicyclic) bond motifs is 1. The van der Waals surface area contributed by atoms with Gasteiger partial charge in [0.05, 0.1) is 23.2 Å². The minimum Gasteiger partial charge on any atom is -0.395 e. The number of nitrogens with one attached hydrogen (secondary N) is 2. The maximum Gasteiger partial charge on any atom is 0.244 e. The molecule has 0 saturated carbocycles. The van der Waals surface area contributed by atoms with E-state index in [1.54, 1.807) is 11.8 Å². The van der Waals surface area contributed by atoms with E-state index in [4.69, 9.17) is 0 Å². The third kappa shape index (κ3) is 3.71. The molecule has 3 amide bonds. The fraction of sp³-hybridized carbons (Fsp3) is 0.400. The van der Waals surface area contributed by atoms with Crippen LogP contribution >= 0.6 is 11.8 Å². The van der Waals surface area contributed by atoms with Crippen LogP contribution < -0.4 is 10.6 Å². The molecule has 3 aliphatic heterocycles. The molecule has 3 fully saturated rings. The third-order valence-corrected chi connectivity index (χ3v) is 8.99. The van der Waals surface area contributed by atoms with Crippen molar-refractivity contribution < 1.29 is 19.5 Å². The van der Waals surface area contributed by atoms with Crippen LogP contribution in [0.15, 0.2) is 60.7 Å². The number of likely N-dealkylation sites (tertiary alicyclic amines) is 1. The Balaban J connectivity index is 1.41. The molecule has 2 unspecified atom stereocenters. The molecule has 2 aromatic rings. The molecule has 3 aliphatic rings. The predicted octanol–water partition coefficient (Wildman–Crippen LogP) is 2.02. The normalized spacial score (nSPS) is 29.7. The lowest BCUT2D eigenvalue weighted by Crippen LogP contribution is -2.53. The second-order valence-electron chi connectivity index (χ2n) is 8.87. The van der Waals surface area contributed by atoms with Crippen molar-refractivity contribution in [1.82, 2.24) is 10.2 Å². The first-order valence-corrected chi connectivity index (χ1v) is 12.2. The van der Waals surface area contributed by atoms with Gasteiger partial charge >= 0.3 is 0 Å². The molecule has 8 heteroatoms. The summed E-state index contributed by atoms with van der Waals surface area (Å²) >= 11 is 1.62. The molecule has 3 saturated heterocycles. The summed E-state index contributed by atoms with van der Waals surface area (Å²) in [5, 5.41) is 15.6. The van der Waals surface area contributed by atoms with Crippen LogP contribution in [0.4, 0.5) is 5.69 Å². The van der Waals surface area contributed by atoms with E-state index in [2.05, 4.69) is 10.6 Å². The minimum absolute atomic E-state index is 0.00311. The van der Waals surface area contributed by atoms with E-state index in [9.17, 15) is 19.5 Å². The van der Waals surface area contributed by atoms with Gasteiger partial charge in [-0.3, -0.25) is 14.4 Å². The zero-order chi connectivity index (χ0) is 23.0. The van der Waals surface area contributed by atoms with E-state index < -0.39 is 22.6 Å². The van der Waals surface area contributed by atoms with Crippen LogP contribution in [0.5, 0.6) is 0 Å². The molecule has 33 heavy (non-hydrogen) atoms. The number of nitrogens with zero attached hydrogens (tertiary/aromatic N) is 1. The first-order valence-electron chi connectivity index (χ1n) is 11.3. The number of anilines is 1. The molecule has 0 aliphatic carbocycles. The Hall–Kier alpha value is -2.84. The minimum atomic E-state index is -0.699. The highest BCUT2D eigenvalue weighted by Gasteiger charge is 2.73. The Morgan fingerprint density at radius 2 is 1.76 bits per heavy atom. The zero-order valence-corrected chi connectivity index (χ0v) is 19.0. The second kappa shape index (κ2) is 8.83. The van der Waals surface area contributed by atoms with Gasteiger partial charge in [-0.2, -0.15) is 0 Å². The fourth-order valence-corrected chi connectivity index (χ4v) is 7.95. The third-order valence-electron chi connectivity index (χ3n) is 7.04. The van der Waals surface area contributed by atoms with E-state index in [0.29, 0.717) is 18.7 Å². The number of hydrogen-bond acceptors (Lipinski definition) is 5. The Kier molecular flexibility index (Phi) is 5.88. The number of carbonyl (C=O) groups excluding carboxylic acids is 3. The lowest BCUT2D eigenvalue weighted by molar-refractivity contribution is -0.139. The molecule has 3 N–H and O–H groups in total. The Bertz CT molecular complexity index is 1050. The number of para-hydroxylation sites is 1. The standard InChI is InChI=1S/C25H27N3O4S/c29-14-13-28-21(23(31)26-15-16-7-3-1-4-8-16)25-12-11-18(33-25)19(20(25)24(28)32)22(30)27-17-9-5-2-6-10-17/h1-10,18-21,29H,11-15H2,(H,26,31)(H,27,30)/t18-,19+,20+,21?,25?/m1/s1. The number of thioether (sulfide) groups is 1. The van der Waals surface area contributed by atoms with Crippen molar-refractivity contribution in [2.45, 2.75) is 35.4 Å². The van der Waals surface area contributed by atoms with E-state index in [-0.39, 0.29) is 36.1 Å². The summed E-state index contributed by atoms with van der Waals surface area (Å²) in [6.07, 6.45) is 1.50. The first-order chi connectivity index (χ1) is 16.0. The van der Waals surface area contributed by atoms with Gasteiger partial charge in [-0.25, -0.2) is 0 Å². The monoisotopic (exact) mass is 465 g/mol. The smallest absolute Gasteiger partial charge is 0.244 e. The summed E-state index contributed by atoms with van der Waals surface area (Å²) < 4.78 is -0.642. The predicted molar refractivity (Wildman–Crippen MR) is 126 cm³/mol. The van der Waals surface area contributed by atoms with E-state index in [1.165, 1.54) is 4.90 Å². The SMILES string of the molecule is O=C(NCc1ccccc1)C1N(CCO)C(=O)[C@@H]2[C@@H](C(=O)Nc3ccccc3)[C@H]3CCC12S3. The number of amides is 3. The van der Waals surface area contributed by atoms with Gasteiger partial charge in [-0.1, -0.05) is 48.5 Å². The first kappa shape index (κ1) is 22.0. The van der Waals surface area contributed by atoms with Crippen molar-refractivity contribution in [2.75, 3.05) is 18.5 Å². The van der Waals surface area contributed by atoms with E-state index >= 15 is 0 Å². The lowest BCUT2D eigenvalue weighted by atomic mass is 9.70. The van der Waals surface area contributed by atoms with Gasteiger partial charge < -0.3 is 20.6 Å². The maximum atomic E-state index is 13.6. The molecule has 1 spiro atoms. The maximum absolute atomic E-state index is 13.6. The Morgan fingerprint density at radius 3 is 2.45 bits per heavy atom. The average molecular weight is 466 g/mol. The molecule has 2 bridgehead atoms. The van der Waals surface area contributed by atoms with Gasteiger partial charge in [-0.05, 0) is 30.5 Å². The number of benzene rings is 2. The van der Waals surface area contributed by atoms with Crippen molar-refractivity contribution >= 4 is 35.2 Å². The Morgan fingerprint density at radius 1 is 1.06 bits per heavy atom. The number of β-amino-alcohol motifs (C(OH)–C–C–N with tert-alkyl or cyclic N) is 1. The average Bonchev–Trinajstić information content (AvgIpc) is 3.47. The number of carbonyl (C=O) groups is 3. The molecule has 5 atom stereocenters. The largest absolute Gasteiger partial charge is 0.395 e. The van der Waals surface area contributed by atoms with Crippen LogP contribution in [0.3, 0.4) is 0 Å². The van der Waals surface area contributed by atoms with Crippen molar-refractivity contribution in [3.05, 3.63) is 66.2 Å². The molecule has 3 heterocycles. The van der Waals surface area contributed by atoms with Crippen LogP contribution in [-0.4, -0.2) is 56.9 Å². The van der Waals surface area contributed by atoms with Gasteiger partial charge in [0.15, 0.2) is 0 Å². The topological polar surface area (TPSA) is 98.7 Å². The number of aliphatic hydroxyl groups is 1. The number of hydrogen-bond donors (Lipinski definition) is 3. The molecule has 0 radical (unpaired) electrons. The molecular formula is C25H27N3O4S. The van der Waals surface area contributed by atoms with Gasteiger partial charge in [0.25, 0.3) is 0 Å². The molecular weight excluding hydrogens is 438 g/mol. The summed E-state index contributed by atoms with van der Waals surface area (Å²) in [7, 11) is 0. The summed E-state index contributed by atoms with van der Waals surface area (Å²) in [6.45, 7) is 0.217. The van der Waals surface area contributed by atoms with E-state index in [1.807, 2.05) is 60.7 Å².